The van der Waals surface area contributed by atoms with Crippen LogP contribution in [0, 0.1) is 0 Å². The third kappa shape index (κ3) is 5.78. The first kappa shape index (κ1) is 35.6. The first-order valence-corrected chi connectivity index (χ1v) is 20.9. The van der Waals surface area contributed by atoms with Crippen molar-refractivity contribution in [1.82, 2.24) is 19.9 Å². The highest BCUT2D eigenvalue weighted by Gasteiger charge is 2.51. The number of aromatic nitrogens is 4. The Hall–Kier alpha value is -8.28. The lowest BCUT2D eigenvalue weighted by molar-refractivity contribution is 0.436. The first-order valence-electron chi connectivity index (χ1n) is 20.9. The van der Waals surface area contributed by atoms with Crippen LogP contribution in [0.25, 0.3) is 78.8 Å². The first-order chi connectivity index (χ1) is 30.7. The van der Waals surface area contributed by atoms with Gasteiger partial charge in [-0.25, -0.2) is 15.0 Å². The molecule has 0 N–H and O–H groups in total. The molecule has 1 spiro atoms. The molecule has 1 aliphatic carbocycles. The zero-order chi connectivity index (χ0) is 41.0. The lowest BCUT2D eigenvalue weighted by Crippen LogP contribution is -2.32. The van der Waals surface area contributed by atoms with Crippen LogP contribution in [0.3, 0.4) is 0 Å². The van der Waals surface area contributed by atoms with Gasteiger partial charge in [0, 0.05) is 39.6 Å². The maximum Gasteiger partial charge on any atom is 0.164 e. The number of hydrogen-bond donors (Lipinski definition) is 0. The van der Waals surface area contributed by atoms with Gasteiger partial charge in [-0.15, -0.1) is 0 Å². The smallest absolute Gasteiger partial charge is 0.164 e. The molecule has 2 aliphatic rings. The van der Waals surface area contributed by atoms with Crippen molar-refractivity contribution in [3.05, 3.63) is 241 Å². The van der Waals surface area contributed by atoms with E-state index >= 15 is 0 Å². The molecule has 0 saturated heterocycles. The predicted octanol–water partition coefficient (Wildman–Crippen LogP) is 13.7. The van der Waals surface area contributed by atoms with Crippen LogP contribution in [0.2, 0.25) is 0 Å². The minimum Gasteiger partial charge on any atom is -0.457 e. The van der Waals surface area contributed by atoms with Gasteiger partial charge in [0.05, 0.1) is 11.1 Å². The summed E-state index contributed by atoms with van der Waals surface area (Å²) < 4.78 is 6.71. The molecule has 2 aromatic heterocycles. The molecule has 12 rings (SSSR count). The molecule has 0 unspecified atom stereocenters. The maximum atomic E-state index is 6.71. The number of pyridine rings is 1. The lowest BCUT2D eigenvalue weighted by atomic mass is 9.65. The van der Waals surface area contributed by atoms with Crippen molar-refractivity contribution < 1.29 is 4.74 Å². The molecule has 10 aromatic rings. The number of para-hydroxylation sites is 2. The predicted molar refractivity (Wildman–Crippen MR) is 248 cm³/mol. The summed E-state index contributed by atoms with van der Waals surface area (Å²) in [5.74, 6) is 3.52. The monoisotopic (exact) mass is 792 g/mol. The SMILES string of the molecule is c1ccc(-c2ccc(-c3nc(-c4ccccc4)nc(-c4ccc5c(c4)C4(c6ccccc6Oc6ccccc64)c4cc(-c6cccc(-c7ccccn7)c6)ccc4-5)n3)cc2)cc1. The number of hydrogen-bond acceptors (Lipinski definition) is 5. The van der Waals surface area contributed by atoms with Crippen molar-refractivity contribution in [3.63, 3.8) is 0 Å². The van der Waals surface area contributed by atoms with Gasteiger partial charge in [0.15, 0.2) is 17.5 Å². The Bertz CT molecular complexity index is 3270. The molecule has 0 atom stereocenters. The van der Waals surface area contributed by atoms with Gasteiger partial charge in [-0.1, -0.05) is 170 Å². The van der Waals surface area contributed by atoms with Gasteiger partial charge in [-0.2, -0.15) is 0 Å². The third-order valence-corrected chi connectivity index (χ3v) is 12.3. The fourth-order valence-corrected chi connectivity index (χ4v) is 9.40. The van der Waals surface area contributed by atoms with Crippen LogP contribution in [-0.4, -0.2) is 19.9 Å². The summed E-state index contributed by atoms with van der Waals surface area (Å²) in [7, 11) is 0. The quantitative estimate of drug-likeness (QED) is 0.168. The Morgan fingerprint density at radius 2 is 0.758 bits per heavy atom. The number of ether oxygens (including phenoxy) is 1. The molecule has 0 fully saturated rings. The van der Waals surface area contributed by atoms with Gasteiger partial charge >= 0.3 is 0 Å². The molecule has 8 aromatic carbocycles. The highest BCUT2D eigenvalue weighted by molar-refractivity contribution is 5.92. The Morgan fingerprint density at radius 3 is 1.40 bits per heavy atom. The highest BCUT2D eigenvalue weighted by atomic mass is 16.5. The van der Waals surface area contributed by atoms with Gasteiger partial charge in [0.2, 0.25) is 0 Å². The molecular formula is C57H36N4O. The molecule has 62 heavy (non-hydrogen) atoms. The maximum absolute atomic E-state index is 6.71. The van der Waals surface area contributed by atoms with Crippen molar-refractivity contribution in [1.29, 1.82) is 0 Å². The van der Waals surface area contributed by atoms with Gasteiger partial charge in [-0.3, -0.25) is 4.98 Å². The average molecular weight is 793 g/mol. The average Bonchev–Trinajstić information content (AvgIpc) is 3.64. The second-order valence-electron chi connectivity index (χ2n) is 15.8. The summed E-state index contributed by atoms with van der Waals surface area (Å²) in [6, 6.07) is 74.3. The standard InChI is InChI=1S/C57H36N4O/c1-3-14-37(15-4-1)38-25-27-40(28-26-38)55-59-54(39-16-5-2-6-17-39)60-56(61-55)44-30-32-46-45-31-29-42(41-18-13-19-43(34-41)51-22-11-12-33-58-51)35-49(45)57(50(46)36-44)47-20-7-9-23-52(47)62-53-24-10-8-21-48(53)57/h1-36H. The summed E-state index contributed by atoms with van der Waals surface area (Å²) in [5.41, 5.74) is 15.5. The fourth-order valence-electron chi connectivity index (χ4n) is 9.40. The Kier molecular flexibility index (Phi) is 8.32. The van der Waals surface area contributed by atoms with Crippen molar-refractivity contribution in [3.8, 4) is 90.3 Å². The van der Waals surface area contributed by atoms with Crippen LogP contribution in [-0.2, 0) is 5.41 Å². The van der Waals surface area contributed by atoms with Crippen molar-refractivity contribution in [2.45, 2.75) is 5.41 Å². The van der Waals surface area contributed by atoms with Gasteiger partial charge < -0.3 is 4.74 Å². The van der Waals surface area contributed by atoms with Crippen LogP contribution in [0.1, 0.15) is 22.3 Å². The summed E-state index contributed by atoms with van der Waals surface area (Å²) in [6.07, 6.45) is 1.84. The van der Waals surface area contributed by atoms with Crippen LogP contribution in [0.5, 0.6) is 11.5 Å². The van der Waals surface area contributed by atoms with Gasteiger partial charge in [-0.05, 0) is 87.0 Å². The minimum atomic E-state index is -0.702. The van der Waals surface area contributed by atoms with Crippen LogP contribution >= 0.6 is 0 Å². The minimum absolute atomic E-state index is 0.607. The molecule has 5 nitrogen and oxygen atoms in total. The van der Waals surface area contributed by atoms with E-state index in [0.717, 1.165) is 84.0 Å². The zero-order valence-electron chi connectivity index (χ0n) is 33.5. The molecular weight excluding hydrogens is 757 g/mol. The second kappa shape index (κ2) is 14.5. The number of rotatable bonds is 6. The molecule has 0 saturated carbocycles. The van der Waals surface area contributed by atoms with E-state index in [0.29, 0.717) is 17.5 Å². The molecule has 1 aliphatic heterocycles. The van der Waals surface area contributed by atoms with Crippen LogP contribution < -0.4 is 4.74 Å². The molecule has 0 radical (unpaired) electrons. The van der Waals surface area contributed by atoms with Crippen LogP contribution in [0.15, 0.2) is 219 Å². The molecule has 0 amide bonds. The number of nitrogens with zero attached hydrogens (tertiary/aromatic N) is 4. The third-order valence-electron chi connectivity index (χ3n) is 12.3. The van der Waals surface area contributed by atoms with Crippen molar-refractivity contribution in [2.75, 3.05) is 0 Å². The highest BCUT2D eigenvalue weighted by Crippen LogP contribution is 2.62. The van der Waals surface area contributed by atoms with E-state index in [-0.39, 0.29) is 0 Å². The molecule has 3 heterocycles. The summed E-state index contributed by atoms with van der Waals surface area (Å²) >= 11 is 0. The van der Waals surface area contributed by atoms with Crippen molar-refractivity contribution >= 4 is 0 Å². The number of benzene rings is 8. The van der Waals surface area contributed by atoms with E-state index in [1.165, 1.54) is 11.1 Å². The lowest BCUT2D eigenvalue weighted by Gasteiger charge is -2.39. The fraction of sp³-hybridized carbons (Fsp3) is 0.0175. The van der Waals surface area contributed by atoms with Crippen molar-refractivity contribution in [2.24, 2.45) is 0 Å². The van der Waals surface area contributed by atoms with E-state index in [9.17, 15) is 0 Å². The summed E-state index contributed by atoms with van der Waals surface area (Å²) in [4.78, 5) is 20.2. The zero-order valence-corrected chi connectivity index (χ0v) is 33.5. The largest absolute Gasteiger partial charge is 0.457 e. The van der Waals surface area contributed by atoms with Gasteiger partial charge in [0.1, 0.15) is 11.5 Å². The normalized spacial score (nSPS) is 12.8. The second-order valence-corrected chi connectivity index (χ2v) is 15.8. The van der Waals surface area contributed by atoms with E-state index in [2.05, 4.69) is 181 Å². The topological polar surface area (TPSA) is 60.8 Å². The molecule has 5 heteroatoms. The van der Waals surface area contributed by atoms with Gasteiger partial charge in [0.25, 0.3) is 0 Å². The molecule has 0 bridgehead atoms. The molecule has 290 valence electrons. The number of fused-ring (bicyclic) bond motifs is 9. The van der Waals surface area contributed by atoms with E-state index in [1.807, 2.05) is 42.6 Å². The summed E-state index contributed by atoms with van der Waals surface area (Å²) in [5, 5.41) is 0. The van der Waals surface area contributed by atoms with E-state index in [1.54, 1.807) is 0 Å². The Labute approximate surface area is 359 Å². The Balaban J connectivity index is 1.06. The van der Waals surface area contributed by atoms with Crippen LogP contribution in [0.4, 0.5) is 0 Å². The van der Waals surface area contributed by atoms with E-state index in [4.69, 9.17) is 19.7 Å². The summed E-state index contributed by atoms with van der Waals surface area (Å²) in [6.45, 7) is 0. The Morgan fingerprint density at radius 1 is 0.306 bits per heavy atom. The van der Waals surface area contributed by atoms with E-state index < -0.39 is 5.41 Å².